The Balaban J connectivity index is 1.78. The van der Waals surface area contributed by atoms with Crippen LogP contribution in [-0.2, 0) is 0 Å². The third-order valence-corrected chi connectivity index (χ3v) is 4.59. The number of thiophene rings is 1. The first-order valence-electron chi connectivity index (χ1n) is 7.26. The zero-order chi connectivity index (χ0) is 16.9. The Hall–Kier alpha value is -2.86. The molecule has 0 aliphatic heterocycles. The van der Waals surface area contributed by atoms with Crippen LogP contribution in [0.1, 0.15) is 15.2 Å². The highest BCUT2D eigenvalue weighted by atomic mass is 32.1. The molecule has 6 heteroatoms. The van der Waals surface area contributed by atoms with Gasteiger partial charge in [-0.25, -0.2) is 5.43 Å². The number of hydrogen-bond donors (Lipinski definition) is 1. The van der Waals surface area contributed by atoms with Crippen LogP contribution in [0.15, 0.2) is 53.6 Å². The van der Waals surface area contributed by atoms with Crippen molar-refractivity contribution in [1.82, 2.24) is 5.43 Å². The highest BCUT2D eigenvalue weighted by Crippen LogP contribution is 2.26. The van der Waals surface area contributed by atoms with E-state index in [0.29, 0.717) is 21.9 Å². The number of fused-ring (bicyclic) bond motifs is 1. The molecule has 0 spiro atoms. The summed E-state index contributed by atoms with van der Waals surface area (Å²) in [6, 6.07) is 15.1. The molecule has 1 heterocycles. The summed E-state index contributed by atoms with van der Waals surface area (Å²) in [7, 11) is 3.14. The number of carbonyl (C=O) groups is 1. The molecule has 2 aromatic carbocycles. The van der Waals surface area contributed by atoms with E-state index >= 15 is 0 Å². The van der Waals surface area contributed by atoms with Gasteiger partial charge in [0.05, 0.1) is 30.9 Å². The standard InChI is InChI=1S/C18H16N2O3S/c1-22-14-7-5-8-15(23-2)13(14)11-19-20-18(21)17-10-12-6-3-4-9-16(12)24-17/h3-11H,1-2H3,(H,20,21). The number of methoxy groups -OCH3 is 2. The summed E-state index contributed by atoms with van der Waals surface area (Å²) in [6.07, 6.45) is 1.52. The summed E-state index contributed by atoms with van der Waals surface area (Å²) in [5, 5.41) is 5.07. The van der Waals surface area contributed by atoms with Crippen molar-refractivity contribution in [2.75, 3.05) is 14.2 Å². The van der Waals surface area contributed by atoms with Crippen LogP contribution in [0.3, 0.4) is 0 Å². The van der Waals surface area contributed by atoms with Crippen LogP contribution < -0.4 is 14.9 Å². The van der Waals surface area contributed by atoms with Crippen molar-refractivity contribution >= 4 is 33.5 Å². The maximum absolute atomic E-state index is 12.2. The van der Waals surface area contributed by atoms with Crippen molar-refractivity contribution in [3.63, 3.8) is 0 Å². The van der Waals surface area contributed by atoms with Gasteiger partial charge in [-0.15, -0.1) is 11.3 Å². The van der Waals surface area contributed by atoms with E-state index in [0.717, 1.165) is 10.1 Å². The van der Waals surface area contributed by atoms with E-state index in [1.165, 1.54) is 17.6 Å². The summed E-state index contributed by atoms with van der Waals surface area (Å²) in [6.45, 7) is 0. The summed E-state index contributed by atoms with van der Waals surface area (Å²) >= 11 is 1.43. The molecule has 3 aromatic rings. The van der Waals surface area contributed by atoms with Gasteiger partial charge in [0.1, 0.15) is 11.5 Å². The van der Waals surface area contributed by atoms with E-state index in [1.807, 2.05) is 36.4 Å². The minimum atomic E-state index is -0.249. The molecule has 0 fully saturated rings. The molecule has 3 rings (SSSR count). The second kappa shape index (κ2) is 7.14. The molecule has 0 saturated heterocycles. The second-order valence-corrected chi connectivity index (χ2v) is 6.01. The molecule has 0 saturated carbocycles. The van der Waals surface area contributed by atoms with E-state index in [-0.39, 0.29) is 5.91 Å². The summed E-state index contributed by atoms with van der Waals surface area (Å²) in [5.74, 6) is 0.990. The van der Waals surface area contributed by atoms with Gasteiger partial charge in [0.15, 0.2) is 0 Å². The van der Waals surface area contributed by atoms with Gasteiger partial charge in [-0.05, 0) is 29.7 Å². The van der Waals surface area contributed by atoms with Gasteiger partial charge in [0.25, 0.3) is 5.91 Å². The molecule has 122 valence electrons. The van der Waals surface area contributed by atoms with Crippen LogP contribution in [0, 0.1) is 0 Å². The molecule has 0 bridgehead atoms. The molecule has 24 heavy (non-hydrogen) atoms. The molecule has 1 N–H and O–H groups in total. The van der Waals surface area contributed by atoms with Crippen molar-refractivity contribution < 1.29 is 14.3 Å². The van der Waals surface area contributed by atoms with E-state index in [1.54, 1.807) is 26.4 Å². The number of rotatable bonds is 5. The monoisotopic (exact) mass is 340 g/mol. The SMILES string of the molecule is COc1cccc(OC)c1C=NNC(=O)c1cc2ccccc2s1. The Morgan fingerprint density at radius 3 is 2.46 bits per heavy atom. The average molecular weight is 340 g/mol. The molecule has 1 amide bonds. The van der Waals surface area contributed by atoms with Crippen LogP contribution in [0.5, 0.6) is 11.5 Å². The average Bonchev–Trinajstić information content (AvgIpc) is 3.06. The third-order valence-electron chi connectivity index (χ3n) is 3.48. The largest absolute Gasteiger partial charge is 0.496 e. The molecule has 0 radical (unpaired) electrons. The van der Waals surface area contributed by atoms with Crippen molar-refractivity contribution in [3.05, 3.63) is 59.0 Å². The fraction of sp³-hybridized carbons (Fsp3) is 0.111. The molecular formula is C18H16N2O3S. The number of ether oxygens (including phenoxy) is 2. The minimum Gasteiger partial charge on any atom is -0.496 e. The first-order chi connectivity index (χ1) is 11.7. The number of hydrazone groups is 1. The lowest BCUT2D eigenvalue weighted by Crippen LogP contribution is -2.16. The maximum atomic E-state index is 12.2. The van der Waals surface area contributed by atoms with Crippen LogP contribution in [0.4, 0.5) is 0 Å². The van der Waals surface area contributed by atoms with E-state index in [4.69, 9.17) is 9.47 Å². The fourth-order valence-corrected chi connectivity index (χ4v) is 3.26. The van der Waals surface area contributed by atoms with Crippen molar-refractivity contribution in [3.8, 4) is 11.5 Å². The molecular weight excluding hydrogens is 324 g/mol. The predicted octanol–water partition coefficient (Wildman–Crippen LogP) is 3.68. The Morgan fingerprint density at radius 2 is 1.79 bits per heavy atom. The van der Waals surface area contributed by atoms with Crippen molar-refractivity contribution in [2.24, 2.45) is 5.10 Å². The summed E-state index contributed by atoms with van der Waals surface area (Å²) in [5.41, 5.74) is 3.21. The summed E-state index contributed by atoms with van der Waals surface area (Å²) < 4.78 is 11.6. The zero-order valence-corrected chi connectivity index (χ0v) is 14.1. The van der Waals surface area contributed by atoms with Gasteiger partial charge >= 0.3 is 0 Å². The normalized spacial score (nSPS) is 10.9. The highest BCUT2D eigenvalue weighted by Gasteiger charge is 2.10. The lowest BCUT2D eigenvalue weighted by molar-refractivity contribution is 0.0959. The minimum absolute atomic E-state index is 0.249. The summed E-state index contributed by atoms with van der Waals surface area (Å²) in [4.78, 5) is 12.8. The third kappa shape index (κ3) is 3.23. The first kappa shape index (κ1) is 16.0. The molecule has 0 unspecified atom stereocenters. The Labute approximate surface area is 143 Å². The number of hydrogen-bond acceptors (Lipinski definition) is 5. The number of amides is 1. The smallest absolute Gasteiger partial charge is 0.281 e. The van der Waals surface area contributed by atoms with Gasteiger partial charge in [-0.1, -0.05) is 24.3 Å². The van der Waals surface area contributed by atoms with Crippen LogP contribution >= 0.6 is 11.3 Å². The van der Waals surface area contributed by atoms with Gasteiger partial charge < -0.3 is 9.47 Å². The Kier molecular flexibility index (Phi) is 4.77. The second-order valence-electron chi connectivity index (χ2n) is 4.92. The van der Waals surface area contributed by atoms with Gasteiger partial charge in [-0.2, -0.15) is 5.10 Å². The first-order valence-corrected chi connectivity index (χ1v) is 8.07. The number of benzene rings is 2. The topological polar surface area (TPSA) is 59.9 Å². The van der Waals surface area contributed by atoms with E-state index in [9.17, 15) is 4.79 Å². The Morgan fingerprint density at radius 1 is 1.08 bits per heavy atom. The number of nitrogens with one attached hydrogen (secondary N) is 1. The van der Waals surface area contributed by atoms with Gasteiger partial charge in [-0.3, -0.25) is 4.79 Å². The van der Waals surface area contributed by atoms with Crippen LogP contribution in [0.2, 0.25) is 0 Å². The van der Waals surface area contributed by atoms with Gasteiger partial charge in [0, 0.05) is 4.70 Å². The zero-order valence-electron chi connectivity index (χ0n) is 13.3. The van der Waals surface area contributed by atoms with E-state index < -0.39 is 0 Å². The quantitative estimate of drug-likeness (QED) is 0.569. The van der Waals surface area contributed by atoms with Crippen molar-refractivity contribution in [1.29, 1.82) is 0 Å². The molecule has 0 aliphatic carbocycles. The Bertz CT molecular complexity index is 847. The van der Waals surface area contributed by atoms with E-state index in [2.05, 4.69) is 10.5 Å². The molecule has 0 atom stereocenters. The van der Waals surface area contributed by atoms with Gasteiger partial charge in [0.2, 0.25) is 0 Å². The van der Waals surface area contributed by atoms with Crippen molar-refractivity contribution in [2.45, 2.75) is 0 Å². The van der Waals surface area contributed by atoms with Crippen LogP contribution in [-0.4, -0.2) is 26.3 Å². The lowest BCUT2D eigenvalue weighted by Gasteiger charge is -2.08. The van der Waals surface area contributed by atoms with Crippen LogP contribution in [0.25, 0.3) is 10.1 Å². The number of carbonyl (C=O) groups excluding carboxylic acids is 1. The fourth-order valence-electron chi connectivity index (χ4n) is 2.31. The molecule has 5 nitrogen and oxygen atoms in total. The molecule has 1 aromatic heterocycles. The highest BCUT2D eigenvalue weighted by molar-refractivity contribution is 7.20. The predicted molar refractivity (Wildman–Crippen MR) is 96.4 cm³/mol. The number of nitrogens with zero attached hydrogens (tertiary/aromatic N) is 1. The lowest BCUT2D eigenvalue weighted by atomic mass is 10.2. The molecule has 0 aliphatic rings. The maximum Gasteiger partial charge on any atom is 0.281 e.